The Balaban J connectivity index is 1.90. The molecular formula is C11H14BrFN2O. The van der Waals surface area contributed by atoms with Gasteiger partial charge in [-0.2, -0.15) is 0 Å². The molecule has 0 aliphatic carbocycles. The lowest BCUT2D eigenvalue weighted by Crippen LogP contribution is -2.45. The smallest absolute Gasteiger partial charge is 0.146 e. The molecule has 3 nitrogen and oxygen atoms in total. The summed E-state index contributed by atoms with van der Waals surface area (Å²) in [7, 11) is 0. The highest BCUT2D eigenvalue weighted by molar-refractivity contribution is 9.10. The molecule has 5 heteroatoms. The molecule has 0 radical (unpaired) electrons. The van der Waals surface area contributed by atoms with Gasteiger partial charge in [-0.05, 0) is 18.2 Å². The molecule has 0 bridgehead atoms. The van der Waals surface area contributed by atoms with Crippen LogP contribution in [0.4, 0.5) is 10.1 Å². The average molecular weight is 289 g/mol. The standard InChI is InChI=1S/C11H14BrFN2O/c12-8-1-2-10(13)11(5-8)15-6-9-7-16-4-3-14-9/h1-2,5,9,14-15H,3-4,6-7H2. The third-order valence-electron chi connectivity index (χ3n) is 2.47. The Morgan fingerprint density at radius 1 is 1.56 bits per heavy atom. The van der Waals surface area contributed by atoms with Gasteiger partial charge in [-0.15, -0.1) is 0 Å². The number of morpholine rings is 1. The van der Waals surface area contributed by atoms with E-state index in [0.29, 0.717) is 18.8 Å². The number of anilines is 1. The zero-order valence-electron chi connectivity index (χ0n) is 8.80. The minimum atomic E-state index is -0.236. The van der Waals surface area contributed by atoms with E-state index in [2.05, 4.69) is 26.6 Å². The summed E-state index contributed by atoms with van der Waals surface area (Å²) in [4.78, 5) is 0. The maximum Gasteiger partial charge on any atom is 0.146 e. The van der Waals surface area contributed by atoms with E-state index in [9.17, 15) is 4.39 Å². The van der Waals surface area contributed by atoms with Gasteiger partial charge in [0.25, 0.3) is 0 Å². The van der Waals surface area contributed by atoms with Gasteiger partial charge in [0.05, 0.1) is 18.9 Å². The van der Waals surface area contributed by atoms with E-state index in [1.165, 1.54) is 6.07 Å². The molecule has 1 aromatic rings. The van der Waals surface area contributed by atoms with Crippen molar-refractivity contribution in [2.75, 3.05) is 31.6 Å². The zero-order valence-corrected chi connectivity index (χ0v) is 10.4. The second-order valence-corrected chi connectivity index (χ2v) is 4.65. The van der Waals surface area contributed by atoms with E-state index in [4.69, 9.17) is 4.74 Å². The van der Waals surface area contributed by atoms with Gasteiger partial charge in [-0.25, -0.2) is 4.39 Å². The molecule has 1 aromatic carbocycles. The highest BCUT2D eigenvalue weighted by atomic mass is 79.9. The quantitative estimate of drug-likeness (QED) is 0.893. The normalized spacial score (nSPS) is 20.8. The van der Waals surface area contributed by atoms with Crippen LogP contribution in [0.1, 0.15) is 0 Å². The summed E-state index contributed by atoms with van der Waals surface area (Å²) in [5.41, 5.74) is 0.516. The second-order valence-electron chi connectivity index (χ2n) is 3.73. The number of halogens is 2. The van der Waals surface area contributed by atoms with Crippen LogP contribution in [0.2, 0.25) is 0 Å². The van der Waals surface area contributed by atoms with Crippen LogP contribution in [-0.4, -0.2) is 32.3 Å². The second kappa shape index (κ2) is 5.61. The predicted molar refractivity (Wildman–Crippen MR) is 65.2 cm³/mol. The van der Waals surface area contributed by atoms with Gasteiger partial charge in [0.1, 0.15) is 5.82 Å². The monoisotopic (exact) mass is 288 g/mol. The molecule has 0 amide bonds. The summed E-state index contributed by atoms with van der Waals surface area (Å²) in [6.45, 7) is 2.94. The lowest BCUT2D eigenvalue weighted by Gasteiger charge is -2.24. The Kier molecular flexibility index (Phi) is 4.15. The van der Waals surface area contributed by atoms with Crippen molar-refractivity contribution >= 4 is 21.6 Å². The van der Waals surface area contributed by atoms with Gasteiger partial charge >= 0.3 is 0 Å². The number of ether oxygens (including phenoxy) is 1. The van der Waals surface area contributed by atoms with Gasteiger partial charge in [0.2, 0.25) is 0 Å². The highest BCUT2D eigenvalue weighted by Gasteiger charge is 2.13. The molecule has 0 spiro atoms. The first-order valence-electron chi connectivity index (χ1n) is 5.26. The van der Waals surface area contributed by atoms with Crippen LogP contribution in [0.25, 0.3) is 0 Å². The molecule has 2 N–H and O–H groups in total. The fourth-order valence-corrected chi connectivity index (χ4v) is 1.98. The van der Waals surface area contributed by atoms with Crippen molar-refractivity contribution in [3.05, 3.63) is 28.5 Å². The van der Waals surface area contributed by atoms with Crippen molar-refractivity contribution in [1.29, 1.82) is 0 Å². The first-order valence-corrected chi connectivity index (χ1v) is 6.05. The Morgan fingerprint density at radius 3 is 3.19 bits per heavy atom. The Hall–Kier alpha value is -0.650. The van der Waals surface area contributed by atoms with Crippen LogP contribution >= 0.6 is 15.9 Å². The van der Waals surface area contributed by atoms with Crippen LogP contribution in [0.3, 0.4) is 0 Å². The van der Waals surface area contributed by atoms with E-state index in [1.54, 1.807) is 12.1 Å². The van der Waals surface area contributed by atoms with Gasteiger partial charge in [-0.3, -0.25) is 0 Å². The molecule has 16 heavy (non-hydrogen) atoms. The average Bonchev–Trinajstić information content (AvgIpc) is 2.32. The first kappa shape index (κ1) is 11.8. The maximum atomic E-state index is 13.4. The molecule has 1 aliphatic rings. The number of benzene rings is 1. The van der Waals surface area contributed by atoms with Gasteiger partial charge in [0.15, 0.2) is 0 Å². The van der Waals surface area contributed by atoms with Gasteiger partial charge in [-0.1, -0.05) is 15.9 Å². The number of hydrogen-bond acceptors (Lipinski definition) is 3. The zero-order chi connectivity index (χ0) is 11.4. The summed E-state index contributed by atoms with van der Waals surface area (Å²) in [6.07, 6.45) is 0. The van der Waals surface area contributed by atoms with Gasteiger partial charge < -0.3 is 15.4 Å². The molecule has 1 atom stereocenters. The summed E-state index contributed by atoms with van der Waals surface area (Å²) in [5.74, 6) is -0.236. The first-order chi connectivity index (χ1) is 7.75. The molecule has 0 aromatic heterocycles. The van der Waals surface area contributed by atoms with Crippen molar-refractivity contribution < 1.29 is 9.13 Å². The van der Waals surface area contributed by atoms with Crippen molar-refractivity contribution in [3.63, 3.8) is 0 Å². The SMILES string of the molecule is Fc1ccc(Br)cc1NCC1COCCN1. The number of hydrogen-bond donors (Lipinski definition) is 2. The lowest BCUT2D eigenvalue weighted by molar-refractivity contribution is 0.0806. The molecule has 88 valence electrons. The van der Waals surface area contributed by atoms with E-state index in [1.807, 2.05) is 0 Å². The van der Waals surface area contributed by atoms with Crippen LogP contribution in [0.5, 0.6) is 0 Å². The van der Waals surface area contributed by atoms with Crippen molar-refractivity contribution in [1.82, 2.24) is 5.32 Å². The summed E-state index contributed by atoms with van der Waals surface area (Å²) in [5, 5.41) is 6.38. The van der Waals surface area contributed by atoms with Crippen molar-refractivity contribution in [2.45, 2.75) is 6.04 Å². The Morgan fingerprint density at radius 2 is 2.44 bits per heavy atom. The molecule has 2 rings (SSSR count). The summed E-state index contributed by atoms with van der Waals surface area (Å²) < 4.78 is 19.6. The van der Waals surface area contributed by atoms with Crippen molar-refractivity contribution in [2.24, 2.45) is 0 Å². The lowest BCUT2D eigenvalue weighted by atomic mass is 10.2. The maximum absolute atomic E-state index is 13.4. The van der Waals surface area contributed by atoms with E-state index < -0.39 is 0 Å². The Labute approximate surface area is 102 Å². The molecule has 1 fully saturated rings. The molecule has 0 saturated carbocycles. The van der Waals surface area contributed by atoms with Gasteiger partial charge in [0, 0.05) is 23.6 Å². The van der Waals surface area contributed by atoms with E-state index in [0.717, 1.165) is 17.6 Å². The van der Waals surface area contributed by atoms with E-state index >= 15 is 0 Å². The summed E-state index contributed by atoms with van der Waals surface area (Å²) >= 11 is 3.32. The fourth-order valence-electron chi connectivity index (χ4n) is 1.62. The molecule has 1 unspecified atom stereocenters. The molecule has 1 aliphatic heterocycles. The van der Waals surface area contributed by atoms with E-state index in [-0.39, 0.29) is 11.9 Å². The highest BCUT2D eigenvalue weighted by Crippen LogP contribution is 2.19. The summed E-state index contributed by atoms with van der Waals surface area (Å²) in [6, 6.07) is 5.10. The minimum absolute atomic E-state index is 0.236. The molecular weight excluding hydrogens is 275 g/mol. The topological polar surface area (TPSA) is 33.3 Å². The predicted octanol–water partition coefficient (Wildman–Crippen LogP) is 1.99. The van der Waals surface area contributed by atoms with Crippen LogP contribution in [-0.2, 0) is 4.74 Å². The third-order valence-corrected chi connectivity index (χ3v) is 2.96. The van der Waals surface area contributed by atoms with Crippen LogP contribution in [0, 0.1) is 5.82 Å². The number of nitrogens with one attached hydrogen (secondary N) is 2. The molecule has 1 saturated heterocycles. The third kappa shape index (κ3) is 3.17. The Bertz CT molecular complexity index is 356. The number of rotatable bonds is 3. The fraction of sp³-hybridized carbons (Fsp3) is 0.455. The van der Waals surface area contributed by atoms with Crippen LogP contribution < -0.4 is 10.6 Å². The molecule has 1 heterocycles. The van der Waals surface area contributed by atoms with Crippen LogP contribution in [0.15, 0.2) is 22.7 Å². The minimum Gasteiger partial charge on any atom is -0.381 e. The van der Waals surface area contributed by atoms with Crippen molar-refractivity contribution in [3.8, 4) is 0 Å². The largest absolute Gasteiger partial charge is 0.381 e.